The lowest BCUT2D eigenvalue weighted by atomic mass is 9.93. The molecule has 0 bridgehead atoms. The number of hydrogen-bond donors (Lipinski definition) is 1. The number of nitrogens with zero attached hydrogens (tertiary/aromatic N) is 2. The highest BCUT2D eigenvalue weighted by molar-refractivity contribution is 5.90. The lowest BCUT2D eigenvalue weighted by Crippen LogP contribution is -2.40. The van der Waals surface area contributed by atoms with Crippen molar-refractivity contribution in [2.75, 3.05) is 18.4 Å². The molecule has 0 saturated carbocycles. The fraction of sp³-hybridized carbons (Fsp3) is 0.435. The van der Waals surface area contributed by atoms with Gasteiger partial charge >= 0.3 is 6.18 Å². The van der Waals surface area contributed by atoms with E-state index in [1.54, 1.807) is 12.4 Å². The number of aryl methyl sites for hydroxylation is 1. The molecule has 1 aromatic heterocycles. The molecule has 2 amide bonds. The van der Waals surface area contributed by atoms with Gasteiger partial charge in [0, 0.05) is 44.0 Å². The van der Waals surface area contributed by atoms with Crippen LogP contribution < -0.4 is 5.32 Å². The Morgan fingerprint density at radius 3 is 2.45 bits per heavy atom. The highest BCUT2D eigenvalue weighted by atomic mass is 19.4. The van der Waals surface area contributed by atoms with Crippen molar-refractivity contribution in [2.24, 2.45) is 5.92 Å². The predicted octanol–water partition coefficient (Wildman–Crippen LogP) is 4.69. The second kappa shape index (κ2) is 10.4. The largest absolute Gasteiger partial charge is 0.416 e. The topological polar surface area (TPSA) is 62.3 Å². The first kappa shape index (κ1) is 22.8. The van der Waals surface area contributed by atoms with E-state index in [1.807, 2.05) is 17.0 Å². The molecule has 166 valence electrons. The summed E-state index contributed by atoms with van der Waals surface area (Å²) in [7, 11) is 0. The third-order valence-corrected chi connectivity index (χ3v) is 5.52. The summed E-state index contributed by atoms with van der Waals surface area (Å²) >= 11 is 0. The molecule has 1 N–H and O–H groups in total. The van der Waals surface area contributed by atoms with Crippen molar-refractivity contribution in [1.29, 1.82) is 0 Å². The number of carbonyl (C=O) groups excluding carboxylic acids is 2. The standard InChI is InChI=1S/C23H26F3N3O2/c24-23(25,26)19-5-7-20(8-6-19)28-21(30)9-3-18-2-1-15-29(16-18)22(31)10-4-17-11-13-27-14-12-17/h5-8,11-14,18H,1-4,9-10,15-16H2,(H,28,30)/t18-/m1/s1. The molecule has 0 spiro atoms. The van der Waals surface area contributed by atoms with Crippen molar-refractivity contribution in [3.8, 4) is 0 Å². The van der Waals surface area contributed by atoms with E-state index in [9.17, 15) is 22.8 Å². The summed E-state index contributed by atoms with van der Waals surface area (Å²) in [5.74, 6) is 0.133. The molecule has 2 aromatic rings. The molecular weight excluding hydrogens is 407 g/mol. The quantitative estimate of drug-likeness (QED) is 0.689. The van der Waals surface area contributed by atoms with Gasteiger partial charge in [0.1, 0.15) is 0 Å². The second-order valence-electron chi connectivity index (χ2n) is 7.87. The maximum Gasteiger partial charge on any atom is 0.416 e. The summed E-state index contributed by atoms with van der Waals surface area (Å²) in [6.07, 6.45) is 2.94. The highest BCUT2D eigenvalue weighted by Crippen LogP contribution is 2.30. The van der Waals surface area contributed by atoms with Crippen LogP contribution in [0.2, 0.25) is 0 Å². The van der Waals surface area contributed by atoms with Gasteiger partial charge in [0.05, 0.1) is 5.56 Å². The molecule has 0 radical (unpaired) electrons. The molecule has 1 aliphatic heterocycles. The van der Waals surface area contributed by atoms with Crippen LogP contribution in [0.5, 0.6) is 0 Å². The molecule has 5 nitrogen and oxygen atoms in total. The summed E-state index contributed by atoms with van der Waals surface area (Å²) < 4.78 is 37.8. The molecule has 0 unspecified atom stereocenters. The third-order valence-electron chi connectivity index (χ3n) is 5.52. The number of piperidine rings is 1. The molecule has 1 saturated heterocycles. The average Bonchev–Trinajstić information content (AvgIpc) is 2.77. The van der Waals surface area contributed by atoms with E-state index in [1.165, 1.54) is 12.1 Å². The fourth-order valence-electron chi connectivity index (χ4n) is 3.79. The Labute approximate surface area is 179 Å². The van der Waals surface area contributed by atoms with Crippen LogP contribution in [0.25, 0.3) is 0 Å². The van der Waals surface area contributed by atoms with Gasteiger partial charge < -0.3 is 10.2 Å². The number of amides is 2. The summed E-state index contributed by atoms with van der Waals surface area (Å²) in [4.78, 5) is 30.6. The number of hydrogen-bond acceptors (Lipinski definition) is 3. The van der Waals surface area contributed by atoms with Gasteiger partial charge in [-0.15, -0.1) is 0 Å². The van der Waals surface area contributed by atoms with Crippen molar-refractivity contribution in [2.45, 2.75) is 44.7 Å². The van der Waals surface area contributed by atoms with E-state index in [4.69, 9.17) is 0 Å². The van der Waals surface area contributed by atoms with E-state index in [-0.39, 0.29) is 24.2 Å². The van der Waals surface area contributed by atoms with Gasteiger partial charge in [-0.25, -0.2) is 0 Å². The Hall–Kier alpha value is -2.90. The molecule has 31 heavy (non-hydrogen) atoms. The van der Waals surface area contributed by atoms with Crippen molar-refractivity contribution < 1.29 is 22.8 Å². The summed E-state index contributed by atoms with van der Waals surface area (Å²) in [6.45, 7) is 1.38. The van der Waals surface area contributed by atoms with Crippen LogP contribution >= 0.6 is 0 Å². The Kier molecular flexibility index (Phi) is 7.65. The second-order valence-corrected chi connectivity index (χ2v) is 7.87. The first-order chi connectivity index (χ1) is 14.8. The van der Waals surface area contributed by atoms with Gasteiger partial charge in [-0.05, 0) is 73.6 Å². The zero-order chi connectivity index (χ0) is 22.3. The van der Waals surface area contributed by atoms with Gasteiger partial charge in [0.25, 0.3) is 0 Å². The smallest absolute Gasteiger partial charge is 0.342 e. The first-order valence-electron chi connectivity index (χ1n) is 10.4. The van der Waals surface area contributed by atoms with Gasteiger partial charge in [-0.1, -0.05) is 0 Å². The van der Waals surface area contributed by atoms with Gasteiger partial charge in [-0.2, -0.15) is 13.2 Å². The Morgan fingerprint density at radius 2 is 1.77 bits per heavy atom. The van der Waals surface area contributed by atoms with E-state index in [0.717, 1.165) is 37.1 Å². The highest BCUT2D eigenvalue weighted by Gasteiger charge is 2.30. The number of likely N-dealkylation sites (tertiary alicyclic amines) is 1. The SMILES string of the molecule is O=C(CC[C@H]1CCCN(C(=O)CCc2ccncc2)C1)Nc1ccc(C(F)(F)F)cc1. The number of anilines is 1. The van der Waals surface area contributed by atoms with Gasteiger partial charge in [-0.3, -0.25) is 14.6 Å². The number of rotatable bonds is 7. The minimum absolute atomic E-state index is 0.121. The van der Waals surface area contributed by atoms with E-state index >= 15 is 0 Å². The van der Waals surface area contributed by atoms with Gasteiger partial charge in [0.2, 0.25) is 11.8 Å². The van der Waals surface area contributed by atoms with Crippen LogP contribution in [-0.2, 0) is 22.2 Å². The maximum atomic E-state index is 12.6. The normalized spacial score (nSPS) is 16.7. The summed E-state index contributed by atoms with van der Waals surface area (Å²) in [5, 5.41) is 2.64. The molecular formula is C23H26F3N3O2. The summed E-state index contributed by atoms with van der Waals surface area (Å²) in [6, 6.07) is 8.22. The van der Waals surface area contributed by atoms with Crippen molar-refractivity contribution >= 4 is 17.5 Å². The number of aromatic nitrogens is 1. The third kappa shape index (κ3) is 7.08. The van der Waals surface area contributed by atoms with Crippen LogP contribution in [0.15, 0.2) is 48.8 Å². The lowest BCUT2D eigenvalue weighted by molar-refractivity contribution is -0.137. The van der Waals surface area contributed by atoms with Crippen LogP contribution in [0, 0.1) is 5.92 Å². The van der Waals surface area contributed by atoms with Crippen LogP contribution in [0.1, 0.15) is 43.2 Å². The zero-order valence-electron chi connectivity index (χ0n) is 17.2. The molecule has 1 fully saturated rings. The Morgan fingerprint density at radius 1 is 1.06 bits per heavy atom. The van der Waals surface area contributed by atoms with E-state index in [2.05, 4.69) is 10.3 Å². The number of nitrogens with one attached hydrogen (secondary N) is 1. The zero-order valence-corrected chi connectivity index (χ0v) is 17.2. The summed E-state index contributed by atoms with van der Waals surface area (Å²) in [5.41, 5.74) is 0.674. The van der Waals surface area contributed by atoms with Gasteiger partial charge in [0.15, 0.2) is 0 Å². The molecule has 1 aromatic carbocycles. The van der Waals surface area contributed by atoms with Crippen LogP contribution in [0.3, 0.4) is 0 Å². The number of pyridine rings is 1. The molecule has 0 aliphatic carbocycles. The monoisotopic (exact) mass is 433 g/mol. The minimum atomic E-state index is -4.40. The van der Waals surface area contributed by atoms with Crippen molar-refractivity contribution in [1.82, 2.24) is 9.88 Å². The molecule has 1 atom stereocenters. The predicted molar refractivity (Wildman–Crippen MR) is 111 cm³/mol. The van der Waals surface area contributed by atoms with Crippen LogP contribution in [0.4, 0.5) is 18.9 Å². The fourth-order valence-corrected chi connectivity index (χ4v) is 3.79. The molecule has 8 heteroatoms. The van der Waals surface area contributed by atoms with E-state index < -0.39 is 11.7 Å². The van der Waals surface area contributed by atoms with Crippen LogP contribution in [-0.4, -0.2) is 34.8 Å². The van der Waals surface area contributed by atoms with Crippen molar-refractivity contribution in [3.63, 3.8) is 0 Å². The first-order valence-corrected chi connectivity index (χ1v) is 10.4. The van der Waals surface area contributed by atoms with Crippen molar-refractivity contribution in [3.05, 3.63) is 59.9 Å². The van der Waals surface area contributed by atoms with E-state index in [0.29, 0.717) is 31.5 Å². The molecule has 3 rings (SSSR count). The number of halogens is 3. The Balaban J connectivity index is 1.41. The maximum absolute atomic E-state index is 12.6. The minimum Gasteiger partial charge on any atom is -0.342 e. The molecule has 2 heterocycles. The Bertz CT molecular complexity index is 870. The number of carbonyl (C=O) groups is 2. The lowest BCUT2D eigenvalue weighted by Gasteiger charge is -2.33. The number of alkyl halides is 3. The number of benzene rings is 1. The average molecular weight is 433 g/mol. The molecule has 1 aliphatic rings.